The van der Waals surface area contributed by atoms with Gasteiger partial charge in [0, 0.05) is 21.2 Å². The molecule has 4 aromatic rings. The van der Waals surface area contributed by atoms with Crippen LogP contribution in [0, 0.1) is 0 Å². The standard InChI is InChI=1S/C29H19Cl2NO3/c30-22-14-21(15-23(31)16-22)26(19-8-2-1-3-9-19)27-24-11-4-5-12-25(24)32(28(27)33)17-18-7-6-10-20(13-18)29(34)35/h1-16H,17H2,(H,34,35)/b27-26+. The van der Waals surface area contributed by atoms with Gasteiger partial charge in [-0.05, 0) is 53.1 Å². The van der Waals surface area contributed by atoms with Crippen molar-refractivity contribution in [2.75, 3.05) is 4.90 Å². The van der Waals surface area contributed by atoms with Crippen molar-refractivity contribution in [2.45, 2.75) is 6.54 Å². The summed E-state index contributed by atoms with van der Waals surface area (Å²) < 4.78 is 0. The summed E-state index contributed by atoms with van der Waals surface area (Å²) in [5.74, 6) is -1.19. The number of rotatable bonds is 5. The summed E-state index contributed by atoms with van der Waals surface area (Å²) in [5, 5.41) is 10.3. The van der Waals surface area contributed by atoms with Crippen LogP contribution < -0.4 is 4.90 Å². The fourth-order valence-electron chi connectivity index (χ4n) is 4.42. The van der Waals surface area contributed by atoms with Crippen LogP contribution >= 0.6 is 23.2 Å². The Balaban J connectivity index is 1.71. The number of aromatic carboxylic acids is 1. The molecule has 1 N–H and O–H groups in total. The number of anilines is 1. The van der Waals surface area contributed by atoms with Gasteiger partial charge in [-0.3, -0.25) is 4.79 Å². The van der Waals surface area contributed by atoms with Crippen molar-refractivity contribution in [3.63, 3.8) is 0 Å². The fourth-order valence-corrected chi connectivity index (χ4v) is 4.95. The highest BCUT2D eigenvalue weighted by Crippen LogP contribution is 2.44. The summed E-state index contributed by atoms with van der Waals surface area (Å²) in [5.41, 5.74) is 5.32. The second-order valence-electron chi connectivity index (χ2n) is 8.19. The molecule has 0 saturated carbocycles. The zero-order valence-corrected chi connectivity index (χ0v) is 19.9. The first-order chi connectivity index (χ1) is 16.9. The second-order valence-corrected chi connectivity index (χ2v) is 9.06. The quantitative estimate of drug-likeness (QED) is 0.295. The highest BCUT2D eigenvalue weighted by atomic mass is 35.5. The van der Waals surface area contributed by atoms with Crippen molar-refractivity contribution in [1.82, 2.24) is 0 Å². The van der Waals surface area contributed by atoms with E-state index < -0.39 is 5.97 Å². The third kappa shape index (κ3) is 4.46. The Morgan fingerprint density at radius 1 is 0.743 bits per heavy atom. The Kier molecular flexibility index (Phi) is 6.16. The lowest BCUT2D eigenvalue weighted by molar-refractivity contribution is -0.113. The summed E-state index contributed by atoms with van der Waals surface area (Å²) in [6.07, 6.45) is 0. The van der Waals surface area contributed by atoms with E-state index in [2.05, 4.69) is 0 Å². The molecule has 0 saturated heterocycles. The fraction of sp³-hybridized carbons (Fsp3) is 0.0345. The Morgan fingerprint density at radius 2 is 1.40 bits per heavy atom. The van der Waals surface area contributed by atoms with Gasteiger partial charge in [0.15, 0.2) is 0 Å². The van der Waals surface area contributed by atoms with Gasteiger partial charge in [0.2, 0.25) is 0 Å². The van der Waals surface area contributed by atoms with Gasteiger partial charge in [-0.25, -0.2) is 4.79 Å². The largest absolute Gasteiger partial charge is 0.478 e. The van der Waals surface area contributed by atoms with Crippen LogP contribution in [0.4, 0.5) is 5.69 Å². The first-order valence-electron chi connectivity index (χ1n) is 10.9. The molecule has 0 radical (unpaired) electrons. The topological polar surface area (TPSA) is 57.6 Å². The lowest BCUT2D eigenvalue weighted by Gasteiger charge is -2.18. The van der Waals surface area contributed by atoms with Gasteiger partial charge >= 0.3 is 5.97 Å². The number of carboxylic acid groups (broad SMARTS) is 1. The number of amides is 1. The van der Waals surface area contributed by atoms with Crippen LogP contribution in [-0.4, -0.2) is 17.0 Å². The summed E-state index contributed by atoms with van der Waals surface area (Å²) >= 11 is 12.7. The lowest BCUT2D eigenvalue weighted by atomic mass is 9.90. The van der Waals surface area contributed by atoms with Gasteiger partial charge in [-0.2, -0.15) is 0 Å². The molecule has 0 fully saturated rings. The van der Waals surface area contributed by atoms with E-state index >= 15 is 0 Å². The smallest absolute Gasteiger partial charge is 0.335 e. The minimum Gasteiger partial charge on any atom is -0.478 e. The SMILES string of the molecule is O=C(O)c1cccc(CN2C(=O)/C(=C(\c3ccccc3)c3cc(Cl)cc(Cl)c3)c3ccccc32)c1. The normalized spacial score (nSPS) is 14.1. The van der Waals surface area contributed by atoms with Crippen LogP contribution in [-0.2, 0) is 11.3 Å². The molecule has 35 heavy (non-hydrogen) atoms. The molecule has 1 aliphatic rings. The number of halogens is 2. The van der Waals surface area contributed by atoms with E-state index in [0.717, 1.165) is 33.5 Å². The van der Waals surface area contributed by atoms with Crippen LogP contribution in [0.1, 0.15) is 32.6 Å². The molecule has 0 aromatic heterocycles. The Labute approximate surface area is 212 Å². The van der Waals surface area contributed by atoms with Crippen LogP contribution in [0.3, 0.4) is 0 Å². The molecule has 172 valence electrons. The predicted molar refractivity (Wildman–Crippen MR) is 140 cm³/mol. The van der Waals surface area contributed by atoms with Crippen molar-refractivity contribution in [3.05, 3.63) is 135 Å². The van der Waals surface area contributed by atoms with Gasteiger partial charge in [-0.15, -0.1) is 0 Å². The first kappa shape index (κ1) is 22.9. The molecule has 0 aliphatic carbocycles. The molecular weight excluding hydrogens is 481 g/mol. The van der Waals surface area contributed by atoms with Gasteiger partial charge in [-0.1, -0.05) is 83.9 Å². The summed E-state index contributed by atoms with van der Waals surface area (Å²) in [4.78, 5) is 27.2. The van der Waals surface area contributed by atoms with Crippen molar-refractivity contribution in [1.29, 1.82) is 0 Å². The Bertz CT molecular complexity index is 1470. The van der Waals surface area contributed by atoms with E-state index in [9.17, 15) is 14.7 Å². The number of carbonyl (C=O) groups is 2. The summed E-state index contributed by atoms with van der Waals surface area (Å²) in [6, 6.07) is 29.2. The van der Waals surface area contributed by atoms with E-state index in [-0.39, 0.29) is 18.0 Å². The monoisotopic (exact) mass is 499 g/mol. The first-order valence-corrected chi connectivity index (χ1v) is 11.7. The summed E-state index contributed by atoms with van der Waals surface area (Å²) in [7, 11) is 0. The molecule has 1 heterocycles. The van der Waals surface area contributed by atoms with Crippen molar-refractivity contribution in [2.24, 2.45) is 0 Å². The number of fused-ring (bicyclic) bond motifs is 1. The zero-order valence-electron chi connectivity index (χ0n) is 18.4. The van der Waals surface area contributed by atoms with E-state index in [1.165, 1.54) is 6.07 Å². The van der Waals surface area contributed by atoms with E-state index in [1.54, 1.807) is 35.2 Å². The number of carboxylic acids is 1. The molecule has 0 spiro atoms. The molecule has 0 bridgehead atoms. The zero-order chi connectivity index (χ0) is 24.5. The van der Waals surface area contributed by atoms with Gasteiger partial charge in [0.1, 0.15) is 0 Å². The average Bonchev–Trinajstić information content (AvgIpc) is 3.11. The van der Waals surface area contributed by atoms with Gasteiger partial charge in [0.05, 0.1) is 23.4 Å². The van der Waals surface area contributed by atoms with Crippen LogP contribution in [0.15, 0.2) is 97.1 Å². The molecule has 0 atom stereocenters. The molecule has 4 aromatic carbocycles. The second kappa shape index (κ2) is 9.41. The minimum atomic E-state index is -1.01. The average molecular weight is 500 g/mol. The minimum absolute atomic E-state index is 0.178. The predicted octanol–water partition coefficient (Wildman–Crippen LogP) is 7.20. The van der Waals surface area contributed by atoms with Crippen molar-refractivity contribution >= 4 is 51.9 Å². The molecule has 4 nitrogen and oxygen atoms in total. The molecule has 1 aliphatic heterocycles. The van der Waals surface area contributed by atoms with Gasteiger partial charge in [0.25, 0.3) is 5.91 Å². The maximum Gasteiger partial charge on any atom is 0.335 e. The van der Waals surface area contributed by atoms with Crippen LogP contribution in [0.25, 0.3) is 11.1 Å². The number of benzene rings is 4. The van der Waals surface area contributed by atoms with Crippen molar-refractivity contribution < 1.29 is 14.7 Å². The van der Waals surface area contributed by atoms with Crippen LogP contribution in [0.2, 0.25) is 10.0 Å². The molecule has 0 unspecified atom stereocenters. The summed E-state index contributed by atoms with van der Waals surface area (Å²) in [6.45, 7) is 0.235. The van der Waals surface area contributed by atoms with E-state index in [4.69, 9.17) is 23.2 Å². The Hall–Kier alpha value is -3.86. The molecule has 1 amide bonds. The number of hydrogen-bond donors (Lipinski definition) is 1. The van der Waals surface area contributed by atoms with E-state index in [1.807, 2.05) is 60.7 Å². The highest BCUT2D eigenvalue weighted by molar-refractivity contribution is 6.39. The van der Waals surface area contributed by atoms with Crippen LogP contribution in [0.5, 0.6) is 0 Å². The molecular formula is C29H19Cl2NO3. The third-order valence-electron chi connectivity index (χ3n) is 5.90. The molecule has 5 rings (SSSR count). The van der Waals surface area contributed by atoms with E-state index in [0.29, 0.717) is 15.6 Å². The number of carbonyl (C=O) groups excluding carboxylic acids is 1. The third-order valence-corrected chi connectivity index (χ3v) is 6.34. The highest BCUT2D eigenvalue weighted by Gasteiger charge is 2.35. The van der Waals surface area contributed by atoms with Gasteiger partial charge < -0.3 is 10.0 Å². The van der Waals surface area contributed by atoms with Crippen molar-refractivity contribution in [3.8, 4) is 0 Å². The lowest BCUT2D eigenvalue weighted by Crippen LogP contribution is -2.26. The number of hydrogen-bond acceptors (Lipinski definition) is 2. The number of nitrogens with zero attached hydrogens (tertiary/aromatic N) is 1. The maximum absolute atomic E-state index is 14.0. The number of para-hydroxylation sites is 1. The maximum atomic E-state index is 14.0. The Morgan fingerprint density at radius 3 is 2.11 bits per heavy atom. The molecule has 6 heteroatoms.